The van der Waals surface area contributed by atoms with Gasteiger partial charge in [-0.25, -0.2) is 4.99 Å². The average Bonchev–Trinajstić information content (AvgIpc) is 3.04. The highest BCUT2D eigenvalue weighted by Crippen LogP contribution is 2.28. The summed E-state index contributed by atoms with van der Waals surface area (Å²) in [5, 5.41) is 6.76. The summed E-state index contributed by atoms with van der Waals surface area (Å²) >= 11 is 0. The van der Waals surface area contributed by atoms with E-state index in [9.17, 15) is 0 Å². The predicted molar refractivity (Wildman–Crippen MR) is 76.7 cm³/mol. The van der Waals surface area contributed by atoms with Crippen molar-refractivity contribution >= 4 is 5.96 Å². The van der Waals surface area contributed by atoms with Gasteiger partial charge in [0, 0.05) is 12.6 Å². The molecule has 1 aromatic rings. The molecule has 98 valence electrons. The molecule has 0 bridgehead atoms. The zero-order valence-corrected chi connectivity index (χ0v) is 11.5. The summed E-state index contributed by atoms with van der Waals surface area (Å²) in [4.78, 5) is 4.62. The fourth-order valence-electron chi connectivity index (χ4n) is 1.88. The monoisotopic (exact) mass is 245 g/mol. The molecular formula is C15H23N3. The Morgan fingerprint density at radius 2 is 2.00 bits per heavy atom. The number of aliphatic imine (C=N–C) groups is 1. The van der Waals surface area contributed by atoms with Gasteiger partial charge in [0.15, 0.2) is 5.96 Å². The van der Waals surface area contributed by atoms with E-state index in [1.807, 2.05) is 0 Å². The summed E-state index contributed by atoms with van der Waals surface area (Å²) in [5.74, 6) is 1.72. The third-order valence-electron chi connectivity index (χ3n) is 3.32. The maximum Gasteiger partial charge on any atom is 0.191 e. The third kappa shape index (κ3) is 3.76. The Balaban J connectivity index is 1.92. The van der Waals surface area contributed by atoms with E-state index in [4.69, 9.17) is 0 Å². The van der Waals surface area contributed by atoms with E-state index in [-0.39, 0.29) is 0 Å². The van der Waals surface area contributed by atoms with Gasteiger partial charge in [0.2, 0.25) is 0 Å². The average molecular weight is 245 g/mol. The topological polar surface area (TPSA) is 36.4 Å². The molecule has 18 heavy (non-hydrogen) atoms. The molecule has 1 aliphatic rings. The number of aryl methyl sites for hydroxylation is 1. The SMILES string of the molecule is CCNC(=NCc1ccc(C)cc1)NC1CC1C. The highest BCUT2D eigenvalue weighted by atomic mass is 15.2. The molecule has 1 aromatic carbocycles. The Labute approximate surface area is 110 Å². The van der Waals surface area contributed by atoms with Crippen molar-refractivity contribution in [3.05, 3.63) is 35.4 Å². The van der Waals surface area contributed by atoms with Gasteiger partial charge in [0.05, 0.1) is 6.54 Å². The second-order valence-corrected chi connectivity index (χ2v) is 5.14. The molecule has 0 spiro atoms. The van der Waals surface area contributed by atoms with Crippen LogP contribution in [-0.4, -0.2) is 18.5 Å². The van der Waals surface area contributed by atoms with Crippen LogP contribution in [0.4, 0.5) is 0 Å². The molecule has 2 rings (SSSR count). The van der Waals surface area contributed by atoms with Crippen molar-refractivity contribution in [2.45, 2.75) is 39.8 Å². The van der Waals surface area contributed by atoms with Crippen molar-refractivity contribution in [3.63, 3.8) is 0 Å². The molecule has 0 saturated heterocycles. The van der Waals surface area contributed by atoms with E-state index in [0.717, 1.165) is 25.0 Å². The summed E-state index contributed by atoms with van der Waals surface area (Å²) in [6, 6.07) is 9.16. The van der Waals surface area contributed by atoms with Crippen molar-refractivity contribution < 1.29 is 0 Å². The maximum atomic E-state index is 4.62. The molecule has 0 aromatic heterocycles. The van der Waals surface area contributed by atoms with Gasteiger partial charge in [-0.1, -0.05) is 36.8 Å². The number of hydrogen-bond acceptors (Lipinski definition) is 1. The van der Waals surface area contributed by atoms with Gasteiger partial charge < -0.3 is 10.6 Å². The van der Waals surface area contributed by atoms with E-state index < -0.39 is 0 Å². The first kappa shape index (κ1) is 12.9. The summed E-state index contributed by atoms with van der Waals surface area (Å²) in [6.07, 6.45) is 1.26. The van der Waals surface area contributed by atoms with Gasteiger partial charge in [-0.15, -0.1) is 0 Å². The number of guanidine groups is 1. The first-order valence-corrected chi connectivity index (χ1v) is 6.79. The second kappa shape index (κ2) is 5.89. The molecule has 1 fully saturated rings. The lowest BCUT2D eigenvalue weighted by Crippen LogP contribution is -2.39. The molecular weight excluding hydrogens is 222 g/mol. The molecule has 1 aliphatic carbocycles. The van der Waals surface area contributed by atoms with Crippen molar-refractivity contribution in [2.75, 3.05) is 6.54 Å². The van der Waals surface area contributed by atoms with Gasteiger partial charge in [0.25, 0.3) is 0 Å². The summed E-state index contributed by atoms with van der Waals surface area (Å²) < 4.78 is 0. The van der Waals surface area contributed by atoms with Crippen LogP contribution in [0.25, 0.3) is 0 Å². The lowest BCUT2D eigenvalue weighted by Gasteiger charge is -2.10. The molecule has 0 amide bonds. The number of nitrogens with zero attached hydrogens (tertiary/aromatic N) is 1. The molecule has 3 nitrogen and oxygen atoms in total. The van der Waals surface area contributed by atoms with Crippen LogP contribution < -0.4 is 10.6 Å². The standard InChI is InChI=1S/C15H23N3/c1-4-16-15(18-14-9-12(14)3)17-10-13-7-5-11(2)6-8-13/h5-8,12,14H,4,9-10H2,1-3H3,(H2,16,17,18). The maximum absolute atomic E-state index is 4.62. The van der Waals surface area contributed by atoms with E-state index in [2.05, 4.69) is 60.7 Å². The van der Waals surface area contributed by atoms with Crippen LogP contribution in [0, 0.1) is 12.8 Å². The quantitative estimate of drug-likeness (QED) is 0.631. The smallest absolute Gasteiger partial charge is 0.191 e. The fraction of sp³-hybridized carbons (Fsp3) is 0.533. The van der Waals surface area contributed by atoms with Gasteiger partial charge in [-0.3, -0.25) is 0 Å². The van der Waals surface area contributed by atoms with Crippen LogP contribution in [0.3, 0.4) is 0 Å². The molecule has 1 saturated carbocycles. The molecule has 0 radical (unpaired) electrons. The third-order valence-corrected chi connectivity index (χ3v) is 3.32. The molecule has 2 N–H and O–H groups in total. The number of nitrogens with one attached hydrogen (secondary N) is 2. The van der Waals surface area contributed by atoms with Gasteiger partial charge in [-0.05, 0) is 31.7 Å². The number of hydrogen-bond donors (Lipinski definition) is 2. The van der Waals surface area contributed by atoms with Crippen molar-refractivity contribution in [1.82, 2.24) is 10.6 Å². The minimum Gasteiger partial charge on any atom is -0.357 e. The van der Waals surface area contributed by atoms with Gasteiger partial charge in [-0.2, -0.15) is 0 Å². The predicted octanol–water partition coefficient (Wildman–Crippen LogP) is 2.46. The molecule has 2 unspecified atom stereocenters. The molecule has 2 atom stereocenters. The first-order valence-electron chi connectivity index (χ1n) is 6.79. The van der Waals surface area contributed by atoms with E-state index in [0.29, 0.717) is 6.04 Å². The van der Waals surface area contributed by atoms with Crippen LogP contribution in [0.5, 0.6) is 0 Å². The minimum atomic E-state index is 0.612. The molecule has 0 heterocycles. The van der Waals surface area contributed by atoms with Gasteiger partial charge in [0.1, 0.15) is 0 Å². The molecule has 3 heteroatoms. The van der Waals surface area contributed by atoms with E-state index in [1.54, 1.807) is 0 Å². The number of rotatable bonds is 4. The summed E-state index contributed by atoms with van der Waals surface area (Å²) in [6.45, 7) is 8.10. The summed E-state index contributed by atoms with van der Waals surface area (Å²) in [7, 11) is 0. The Morgan fingerprint density at radius 3 is 2.56 bits per heavy atom. The fourth-order valence-corrected chi connectivity index (χ4v) is 1.88. The second-order valence-electron chi connectivity index (χ2n) is 5.14. The van der Waals surface area contributed by atoms with Crippen LogP contribution in [0.15, 0.2) is 29.3 Å². The van der Waals surface area contributed by atoms with Crippen molar-refractivity contribution in [2.24, 2.45) is 10.9 Å². The Morgan fingerprint density at radius 1 is 1.33 bits per heavy atom. The Bertz CT molecular complexity index is 408. The first-order chi connectivity index (χ1) is 8.69. The van der Waals surface area contributed by atoms with Gasteiger partial charge >= 0.3 is 0 Å². The van der Waals surface area contributed by atoms with Crippen LogP contribution >= 0.6 is 0 Å². The van der Waals surface area contributed by atoms with E-state index in [1.165, 1.54) is 17.5 Å². The molecule has 0 aliphatic heterocycles. The Hall–Kier alpha value is -1.51. The normalized spacial score (nSPS) is 22.7. The minimum absolute atomic E-state index is 0.612. The summed E-state index contributed by atoms with van der Waals surface area (Å²) in [5.41, 5.74) is 2.54. The number of benzene rings is 1. The lowest BCUT2D eigenvalue weighted by molar-refractivity contribution is 0.766. The van der Waals surface area contributed by atoms with Crippen LogP contribution in [0.2, 0.25) is 0 Å². The van der Waals surface area contributed by atoms with Crippen molar-refractivity contribution in [3.8, 4) is 0 Å². The highest BCUT2D eigenvalue weighted by Gasteiger charge is 2.33. The Kier molecular flexibility index (Phi) is 4.24. The zero-order chi connectivity index (χ0) is 13.0. The lowest BCUT2D eigenvalue weighted by atomic mass is 10.1. The van der Waals surface area contributed by atoms with Crippen LogP contribution in [-0.2, 0) is 6.54 Å². The van der Waals surface area contributed by atoms with E-state index >= 15 is 0 Å². The largest absolute Gasteiger partial charge is 0.357 e. The van der Waals surface area contributed by atoms with Crippen LogP contribution in [0.1, 0.15) is 31.4 Å². The van der Waals surface area contributed by atoms with Crippen molar-refractivity contribution in [1.29, 1.82) is 0 Å². The highest BCUT2D eigenvalue weighted by molar-refractivity contribution is 5.80. The zero-order valence-electron chi connectivity index (χ0n) is 11.5.